The van der Waals surface area contributed by atoms with Crippen LogP contribution < -0.4 is 24.4 Å². The molecule has 1 N–H and O–H groups in total. The van der Waals surface area contributed by atoms with Gasteiger partial charge in [-0.3, -0.25) is 14.9 Å². The van der Waals surface area contributed by atoms with E-state index in [4.69, 9.17) is 25.8 Å². The fourth-order valence-electron chi connectivity index (χ4n) is 4.35. The number of rotatable bonds is 10. The first-order valence-electron chi connectivity index (χ1n) is 13.4. The maximum absolute atomic E-state index is 13.5. The standard InChI is InChI=1S/C33H25BrClIN2O6/c1-2-42-29-17-22(16-28(36)30(29)44-19-21-4-3-5-24(35)14-21)15-27-31(39)37-33(41)38(32(27)40)25-10-12-26(13-11-25)43-18-20-6-8-23(34)9-7-20/h3-17H,2,18-19H2,1H3,(H,37,39,41)/b27-15+. The Morgan fingerprint density at radius 1 is 0.886 bits per heavy atom. The molecule has 1 aliphatic rings. The van der Waals surface area contributed by atoms with Gasteiger partial charge < -0.3 is 14.2 Å². The van der Waals surface area contributed by atoms with Gasteiger partial charge in [-0.25, -0.2) is 9.69 Å². The zero-order chi connectivity index (χ0) is 31.2. The Balaban J connectivity index is 1.35. The fourth-order valence-corrected chi connectivity index (χ4v) is 5.61. The molecule has 11 heteroatoms. The van der Waals surface area contributed by atoms with Gasteiger partial charge in [0.2, 0.25) is 0 Å². The number of halogens is 3. The zero-order valence-electron chi connectivity index (χ0n) is 23.3. The molecule has 4 amide bonds. The normalized spacial score (nSPS) is 14.0. The lowest BCUT2D eigenvalue weighted by atomic mass is 10.1. The van der Waals surface area contributed by atoms with Crippen LogP contribution in [0.4, 0.5) is 10.5 Å². The molecule has 224 valence electrons. The second kappa shape index (κ2) is 14.3. The predicted octanol–water partition coefficient (Wildman–Crippen LogP) is 7.93. The molecule has 1 fully saturated rings. The highest BCUT2D eigenvalue weighted by Gasteiger charge is 2.37. The summed E-state index contributed by atoms with van der Waals surface area (Å²) >= 11 is 11.6. The molecule has 0 saturated carbocycles. The molecule has 4 aromatic rings. The number of ether oxygens (including phenoxy) is 3. The Morgan fingerprint density at radius 2 is 1.61 bits per heavy atom. The van der Waals surface area contributed by atoms with Gasteiger partial charge in [0.1, 0.15) is 24.5 Å². The number of amides is 4. The molecule has 8 nitrogen and oxygen atoms in total. The first kappa shape index (κ1) is 31.6. The molecule has 0 aromatic heterocycles. The van der Waals surface area contributed by atoms with Gasteiger partial charge in [0.25, 0.3) is 11.8 Å². The van der Waals surface area contributed by atoms with Gasteiger partial charge >= 0.3 is 6.03 Å². The van der Waals surface area contributed by atoms with Crippen molar-refractivity contribution in [3.8, 4) is 17.2 Å². The molecule has 0 bridgehead atoms. The van der Waals surface area contributed by atoms with E-state index < -0.39 is 17.8 Å². The number of carbonyl (C=O) groups is 3. The van der Waals surface area contributed by atoms with Crippen LogP contribution in [0.1, 0.15) is 23.6 Å². The first-order valence-corrected chi connectivity index (χ1v) is 15.7. The summed E-state index contributed by atoms with van der Waals surface area (Å²) in [5.41, 5.74) is 2.49. The highest BCUT2D eigenvalue weighted by atomic mass is 127. The van der Waals surface area contributed by atoms with Gasteiger partial charge in [0.15, 0.2) is 11.5 Å². The van der Waals surface area contributed by atoms with Crippen LogP contribution >= 0.6 is 50.1 Å². The quantitative estimate of drug-likeness (QED) is 0.0998. The fraction of sp³-hybridized carbons (Fsp3) is 0.121. The van der Waals surface area contributed by atoms with E-state index >= 15 is 0 Å². The second-order valence-corrected chi connectivity index (χ2v) is 12.1. The van der Waals surface area contributed by atoms with Gasteiger partial charge in [0, 0.05) is 9.50 Å². The molecule has 4 aromatic carbocycles. The lowest BCUT2D eigenvalue weighted by molar-refractivity contribution is -0.122. The Bertz CT molecular complexity index is 1740. The van der Waals surface area contributed by atoms with Crippen molar-refractivity contribution in [1.82, 2.24) is 5.32 Å². The Hall–Kier alpha value is -3.87. The molecule has 0 unspecified atom stereocenters. The van der Waals surface area contributed by atoms with Gasteiger partial charge in [-0.1, -0.05) is 51.8 Å². The topological polar surface area (TPSA) is 94.2 Å². The monoisotopic (exact) mass is 786 g/mol. The Kier molecular flexibility index (Phi) is 10.2. The van der Waals surface area contributed by atoms with E-state index in [1.54, 1.807) is 42.5 Å². The molecule has 1 heterocycles. The zero-order valence-corrected chi connectivity index (χ0v) is 27.8. The van der Waals surface area contributed by atoms with Crippen molar-refractivity contribution in [3.63, 3.8) is 0 Å². The summed E-state index contributed by atoms with van der Waals surface area (Å²) in [5.74, 6) is -0.0163. The summed E-state index contributed by atoms with van der Waals surface area (Å²) < 4.78 is 19.4. The van der Waals surface area contributed by atoms with Gasteiger partial charge in [-0.2, -0.15) is 0 Å². The predicted molar refractivity (Wildman–Crippen MR) is 180 cm³/mol. The van der Waals surface area contributed by atoms with E-state index in [1.165, 1.54) is 6.08 Å². The first-order chi connectivity index (χ1) is 21.2. The lowest BCUT2D eigenvalue weighted by Crippen LogP contribution is -2.54. The van der Waals surface area contributed by atoms with Crippen molar-refractivity contribution in [2.45, 2.75) is 20.1 Å². The summed E-state index contributed by atoms with van der Waals surface area (Å²) in [6.45, 7) is 2.83. The molecule has 44 heavy (non-hydrogen) atoms. The van der Waals surface area contributed by atoms with Crippen LogP contribution in [-0.2, 0) is 22.8 Å². The molecule has 1 aliphatic heterocycles. The third kappa shape index (κ3) is 7.61. The number of benzene rings is 4. The van der Waals surface area contributed by atoms with Gasteiger partial charge in [-0.05, 0) is 113 Å². The number of hydrogen-bond acceptors (Lipinski definition) is 6. The van der Waals surface area contributed by atoms with E-state index in [1.807, 2.05) is 49.4 Å². The van der Waals surface area contributed by atoms with Crippen molar-refractivity contribution in [3.05, 3.63) is 120 Å². The highest BCUT2D eigenvalue weighted by Crippen LogP contribution is 2.36. The van der Waals surface area contributed by atoms with Crippen molar-refractivity contribution < 1.29 is 28.6 Å². The Morgan fingerprint density at radius 3 is 2.32 bits per heavy atom. The summed E-state index contributed by atoms with van der Waals surface area (Å²) in [6, 6.07) is 24.2. The van der Waals surface area contributed by atoms with Crippen molar-refractivity contribution in [1.29, 1.82) is 0 Å². The third-order valence-corrected chi connectivity index (χ3v) is 8.00. The lowest BCUT2D eigenvalue weighted by Gasteiger charge is -2.26. The van der Waals surface area contributed by atoms with E-state index in [2.05, 4.69) is 43.8 Å². The minimum absolute atomic E-state index is 0.203. The summed E-state index contributed by atoms with van der Waals surface area (Å²) in [7, 11) is 0. The number of urea groups is 1. The van der Waals surface area contributed by atoms with Crippen LogP contribution in [0.2, 0.25) is 5.02 Å². The second-order valence-electron chi connectivity index (χ2n) is 9.55. The van der Waals surface area contributed by atoms with E-state index in [-0.39, 0.29) is 17.9 Å². The molecule has 0 spiro atoms. The smallest absolute Gasteiger partial charge is 0.335 e. The highest BCUT2D eigenvalue weighted by molar-refractivity contribution is 14.1. The number of nitrogens with zero attached hydrogens (tertiary/aromatic N) is 1. The van der Waals surface area contributed by atoms with Crippen molar-refractivity contribution in [2.75, 3.05) is 11.5 Å². The number of hydrogen-bond donors (Lipinski definition) is 1. The van der Waals surface area contributed by atoms with Crippen LogP contribution in [0.5, 0.6) is 17.2 Å². The number of carbonyl (C=O) groups excluding carboxylic acids is 3. The van der Waals surface area contributed by atoms with Crippen LogP contribution in [0.3, 0.4) is 0 Å². The van der Waals surface area contributed by atoms with E-state index in [9.17, 15) is 14.4 Å². The minimum atomic E-state index is -0.838. The van der Waals surface area contributed by atoms with Crippen molar-refractivity contribution >= 4 is 79.7 Å². The largest absolute Gasteiger partial charge is 0.490 e. The molecular weight excluding hydrogens is 763 g/mol. The van der Waals surface area contributed by atoms with Crippen LogP contribution in [0.25, 0.3) is 6.08 Å². The third-order valence-electron chi connectivity index (χ3n) is 6.43. The molecule has 0 radical (unpaired) electrons. The Labute approximate surface area is 281 Å². The maximum atomic E-state index is 13.5. The van der Waals surface area contributed by atoms with Crippen LogP contribution in [-0.4, -0.2) is 24.5 Å². The molecule has 1 saturated heterocycles. The summed E-state index contributed by atoms with van der Waals surface area (Å²) in [5, 5.41) is 2.87. The summed E-state index contributed by atoms with van der Waals surface area (Å²) in [6.07, 6.45) is 1.43. The SMILES string of the molecule is CCOc1cc(/C=C2\C(=O)NC(=O)N(c3ccc(OCc4ccc(Br)cc4)cc3)C2=O)cc(I)c1OCc1cccc(Cl)c1. The number of nitrogens with one attached hydrogen (secondary N) is 1. The number of barbiturate groups is 1. The summed E-state index contributed by atoms with van der Waals surface area (Å²) in [4.78, 5) is 40.0. The van der Waals surface area contributed by atoms with Gasteiger partial charge in [-0.15, -0.1) is 0 Å². The van der Waals surface area contributed by atoms with Crippen LogP contribution in [0, 0.1) is 3.57 Å². The average molecular weight is 788 g/mol. The molecule has 0 atom stereocenters. The van der Waals surface area contributed by atoms with Crippen molar-refractivity contribution in [2.24, 2.45) is 0 Å². The maximum Gasteiger partial charge on any atom is 0.335 e. The van der Waals surface area contributed by atoms with Gasteiger partial charge in [0.05, 0.1) is 15.9 Å². The number of anilines is 1. The van der Waals surface area contributed by atoms with E-state index in [0.717, 1.165) is 20.5 Å². The molecular formula is C33H25BrClIN2O6. The van der Waals surface area contributed by atoms with E-state index in [0.29, 0.717) is 44.6 Å². The minimum Gasteiger partial charge on any atom is -0.490 e. The molecule has 0 aliphatic carbocycles. The number of imide groups is 2. The molecule has 5 rings (SSSR count). The van der Waals surface area contributed by atoms with Crippen LogP contribution in [0.15, 0.2) is 95.0 Å². The average Bonchev–Trinajstić information content (AvgIpc) is 2.99.